The smallest absolute Gasteiger partial charge is 0.0370 e. The highest BCUT2D eigenvalue weighted by Gasteiger charge is 2.31. The van der Waals surface area contributed by atoms with Gasteiger partial charge < -0.3 is 0 Å². The first-order valence-electron chi connectivity index (χ1n) is 1.75. The van der Waals surface area contributed by atoms with Crippen molar-refractivity contribution in [1.29, 1.82) is 0 Å². The van der Waals surface area contributed by atoms with E-state index in [-0.39, 0.29) is 0 Å². The van der Waals surface area contributed by atoms with E-state index < -0.39 is 0 Å². The fourth-order valence-electron chi connectivity index (χ4n) is 0.135. The Balaban J connectivity index is 2.38. The zero-order chi connectivity index (χ0) is 3.91. The molecule has 1 atom stereocenters. The first kappa shape index (κ1) is 3.82. The lowest BCUT2D eigenvalue weighted by Crippen LogP contribution is -1.89. The maximum absolute atomic E-state index is 3.49. The second-order valence-electron chi connectivity index (χ2n) is 1.66. The van der Waals surface area contributed by atoms with E-state index >= 15 is 0 Å². The molecule has 0 aromatic heterocycles. The molecule has 1 saturated carbocycles. The fraction of sp³-hybridized carbons (Fsp3) is 1.00. The minimum Gasteiger partial charge on any atom is -0.135 e. The molecule has 0 nitrogen and oxygen atoms in total. The van der Waals surface area contributed by atoms with Gasteiger partial charge >= 0.3 is 0 Å². The first-order valence-corrected chi connectivity index (χ1v) is 2.82. The normalized spacial score (nSPS) is 30.0. The van der Waals surface area contributed by atoms with Crippen LogP contribution < -0.4 is 0 Å². The quantitative estimate of drug-likeness (QED) is 0.308. The summed E-state index contributed by atoms with van der Waals surface area (Å²) in [4.78, 5) is 0. The van der Waals surface area contributed by atoms with Gasteiger partial charge in [-0.1, -0.05) is 0 Å². The van der Waals surface area contributed by atoms with Gasteiger partial charge in [-0.2, -0.15) is 0 Å². The molecule has 1 rings (SSSR count). The Hall–Kier alpha value is 0.647. The van der Waals surface area contributed by atoms with Crippen LogP contribution in [0.4, 0.5) is 0 Å². The van der Waals surface area contributed by atoms with Gasteiger partial charge in [0.1, 0.15) is 0 Å². The first-order chi connectivity index (χ1) is 2.21. The van der Waals surface area contributed by atoms with Crippen molar-refractivity contribution in [1.82, 2.24) is 0 Å². The van der Waals surface area contributed by atoms with Crippen LogP contribution in [-0.4, -0.2) is 15.0 Å². The maximum atomic E-state index is 3.49. The predicted molar refractivity (Wildman–Crippen MR) is 27.4 cm³/mol. The Morgan fingerprint density at radius 2 is 1.80 bits per heavy atom. The zero-order valence-electron chi connectivity index (χ0n) is 2.99. The van der Waals surface area contributed by atoms with Crippen molar-refractivity contribution in [2.45, 2.75) is 17.6 Å². The molecule has 2 heteroatoms. The van der Waals surface area contributed by atoms with Crippen molar-refractivity contribution >= 4 is 19.5 Å². The SMILES string of the molecule is [Si]C1(P)CC1. The predicted octanol–water partition coefficient (Wildman–Crippen LogP) is 0.520. The highest BCUT2D eigenvalue weighted by atomic mass is 31.0. The lowest BCUT2D eigenvalue weighted by atomic mass is 10.9. The third-order valence-electron chi connectivity index (χ3n) is 0.789. The van der Waals surface area contributed by atoms with Crippen molar-refractivity contribution < 1.29 is 0 Å². The topological polar surface area (TPSA) is 0 Å². The van der Waals surface area contributed by atoms with E-state index in [1.807, 2.05) is 0 Å². The summed E-state index contributed by atoms with van der Waals surface area (Å²) in [7, 11) is 6.23. The summed E-state index contributed by atoms with van der Waals surface area (Å²) in [6, 6.07) is 0. The minimum absolute atomic E-state index is 0.472. The monoisotopic (exact) mass is 101 g/mol. The molecule has 0 heterocycles. The van der Waals surface area contributed by atoms with E-state index in [9.17, 15) is 0 Å². The zero-order valence-corrected chi connectivity index (χ0v) is 5.15. The van der Waals surface area contributed by atoms with Crippen LogP contribution >= 0.6 is 9.24 Å². The molecule has 0 amide bonds. The Labute approximate surface area is 38.0 Å². The summed E-state index contributed by atoms with van der Waals surface area (Å²) < 4.78 is 0.472. The van der Waals surface area contributed by atoms with Gasteiger partial charge in [0.2, 0.25) is 0 Å². The lowest BCUT2D eigenvalue weighted by Gasteiger charge is -1.85. The molecule has 0 N–H and O–H groups in total. The van der Waals surface area contributed by atoms with Gasteiger partial charge in [0.05, 0.1) is 0 Å². The van der Waals surface area contributed by atoms with Crippen molar-refractivity contribution in [3.05, 3.63) is 0 Å². The molecule has 1 unspecified atom stereocenters. The van der Waals surface area contributed by atoms with E-state index in [0.29, 0.717) is 4.78 Å². The van der Waals surface area contributed by atoms with Gasteiger partial charge in [-0.05, 0) is 17.6 Å². The molecule has 0 spiro atoms. The van der Waals surface area contributed by atoms with Crippen LogP contribution in [0.3, 0.4) is 0 Å². The molecule has 3 radical (unpaired) electrons. The van der Waals surface area contributed by atoms with Crippen LogP contribution in [0, 0.1) is 0 Å². The van der Waals surface area contributed by atoms with Gasteiger partial charge in [-0.3, -0.25) is 0 Å². The summed E-state index contributed by atoms with van der Waals surface area (Å²) in [5, 5.41) is 0. The largest absolute Gasteiger partial charge is 0.135 e. The van der Waals surface area contributed by atoms with Crippen molar-refractivity contribution in [2.24, 2.45) is 0 Å². The summed E-state index contributed by atoms with van der Waals surface area (Å²) in [6.45, 7) is 0. The molecule has 27 valence electrons. The van der Waals surface area contributed by atoms with E-state index in [1.165, 1.54) is 12.8 Å². The Bertz CT molecular complexity index is 44.9. The number of hydrogen-bond donors (Lipinski definition) is 0. The lowest BCUT2D eigenvalue weighted by molar-refractivity contribution is 1.38. The fourth-order valence-corrected chi connectivity index (χ4v) is 0.404. The molecule has 1 fully saturated rings. The highest BCUT2D eigenvalue weighted by molar-refractivity contribution is 7.23. The van der Waals surface area contributed by atoms with Gasteiger partial charge in [0.25, 0.3) is 0 Å². The molecule has 0 bridgehead atoms. The van der Waals surface area contributed by atoms with Crippen molar-refractivity contribution in [3.63, 3.8) is 0 Å². The van der Waals surface area contributed by atoms with E-state index in [4.69, 9.17) is 0 Å². The van der Waals surface area contributed by atoms with E-state index in [2.05, 4.69) is 19.5 Å². The molecule has 1 aliphatic carbocycles. The number of rotatable bonds is 0. The Kier molecular flexibility index (Phi) is 0.632. The van der Waals surface area contributed by atoms with Gasteiger partial charge in [-0.25, -0.2) is 0 Å². The second kappa shape index (κ2) is 0.827. The minimum atomic E-state index is 0.472. The molecule has 5 heavy (non-hydrogen) atoms. The third kappa shape index (κ3) is 1.02. The van der Waals surface area contributed by atoms with Gasteiger partial charge in [0, 0.05) is 10.2 Å². The van der Waals surface area contributed by atoms with Crippen LogP contribution in [0.1, 0.15) is 12.8 Å². The molecular formula is C3H6PSi. The molecule has 0 aromatic carbocycles. The van der Waals surface area contributed by atoms with Crippen molar-refractivity contribution in [3.8, 4) is 0 Å². The molecule has 0 aromatic rings. The Morgan fingerprint density at radius 1 is 1.60 bits per heavy atom. The third-order valence-corrected chi connectivity index (χ3v) is 1.87. The molecule has 1 aliphatic rings. The summed E-state index contributed by atoms with van der Waals surface area (Å²) >= 11 is 0. The summed E-state index contributed by atoms with van der Waals surface area (Å²) in [5.41, 5.74) is 0. The van der Waals surface area contributed by atoms with Gasteiger partial charge in [0.15, 0.2) is 0 Å². The molecular weight excluding hydrogens is 95.1 g/mol. The van der Waals surface area contributed by atoms with Crippen LogP contribution in [-0.2, 0) is 0 Å². The summed E-state index contributed by atoms with van der Waals surface area (Å²) in [6.07, 6.45) is 2.66. The standard InChI is InChI=1S/C3H6PSi/c4-3(5)1-2-3/h1-2,4H2. The average molecular weight is 101 g/mol. The Morgan fingerprint density at radius 3 is 1.80 bits per heavy atom. The highest BCUT2D eigenvalue weighted by Crippen LogP contribution is 2.40. The van der Waals surface area contributed by atoms with Crippen molar-refractivity contribution in [2.75, 3.05) is 0 Å². The second-order valence-corrected chi connectivity index (χ2v) is 4.33. The molecule has 0 aliphatic heterocycles. The molecule has 0 saturated heterocycles. The average Bonchev–Trinajstić information content (AvgIpc) is 1.76. The van der Waals surface area contributed by atoms with Crippen LogP contribution in [0.2, 0.25) is 0 Å². The van der Waals surface area contributed by atoms with E-state index in [0.717, 1.165) is 0 Å². The van der Waals surface area contributed by atoms with E-state index in [1.54, 1.807) is 0 Å². The maximum Gasteiger partial charge on any atom is 0.0370 e. The van der Waals surface area contributed by atoms with Crippen LogP contribution in [0.15, 0.2) is 0 Å². The summed E-state index contributed by atoms with van der Waals surface area (Å²) in [5.74, 6) is 0. The van der Waals surface area contributed by atoms with Crippen LogP contribution in [0.25, 0.3) is 0 Å². The number of hydrogen-bond acceptors (Lipinski definition) is 0. The van der Waals surface area contributed by atoms with Crippen LogP contribution in [0.5, 0.6) is 0 Å². The van der Waals surface area contributed by atoms with Gasteiger partial charge in [-0.15, -0.1) is 9.24 Å².